The molecule has 1 aliphatic heterocycles. The molecule has 4 atom stereocenters. The van der Waals surface area contributed by atoms with Crippen molar-refractivity contribution < 1.29 is 29.2 Å². The topological polar surface area (TPSA) is 85.2 Å². The highest BCUT2D eigenvalue weighted by Gasteiger charge is 2.62. The van der Waals surface area contributed by atoms with Gasteiger partial charge in [-0.25, -0.2) is 4.79 Å². The van der Waals surface area contributed by atoms with E-state index < -0.39 is 35.7 Å². The van der Waals surface area contributed by atoms with E-state index in [1.807, 2.05) is 0 Å². The largest absolute Gasteiger partial charge is 0.467 e. The first-order chi connectivity index (χ1) is 7.82. The maximum atomic E-state index is 11.8. The molecule has 0 radical (unpaired) electrons. The molecule has 0 bridgehead atoms. The quantitative estimate of drug-likeness (QED) is 0.470. The minimum atomic E-state index is -1.49. The highest BCUT2D eigenvalue weighted by Crippen LogP contribution is 2.42. The molecule has 2 aliphatic rings. The second kappa shape index (κ2) is 3.78. The van der Waals surface area contributed by atoms with E-state index in [9.17, 15) is 15.0 Å². The summed E-state index contributed by atoms with van der Waals surface area (Å²) in [5, 5.41) is 19.4. The van der Waals surface area contributed by atoms with Crippen molar-refractivity contribution >= 4 is 5.97 Å². The number of esters is 1. The van der Waals surface area contributed by atoms with Crippen LogP contribution < -0.4 is 0 Å². The van der Waals surface area contributed by atoms with Crippen LogP contribution >= 0.6 is 0 Å². The number of fused-ring (bicyclic) bond motifs is 1. The summed E-state index contributed by atoms with van der Waals surface area (Å²) in [5.74, 6) is -1.69. The van der Waals surface area contributed by atoms with Gasteiger partial charge in [0.1, 0.15) is 18.3 Å². The third-order valence-corrected chi connectivity index (χ3v) is 2.95. The second-order valence-corrected chi connectivity index (χ2v) is 4.67. The molecular weight excluding hydrogens is 228 g/mol. The number of hydrogen-bond donors (Lipinski definition) is 2. The predicted molar refractivity (Wildman–Crippen MR) is 55.9 cm³/mol. The van der Waals surface area contributed by atoms with E-state index in [2.05, 4.69) is 4.74 Å². The molecule has 1 fully saturated rings. The van der Waals surface area contributed by atoms with Crippen LogP contribution in [0.4, 0.5) is 0 Å². The number of aliphatic hydroxyl groups is 2. The zero-order chi connectivity index (χ0) is 12.8. The molecule has 6 nitrogen and oxygen atoms in total. The van der Waals surface area contributed by atoms with Crippen molar-refractivity contribution in [2.45, 2.75) is 43.5 Å². The second-order valence-electron chi connectivity index (χ2n) is 4.67. The molecule has 0 aromatic rings. The third-order valence-electron chi connectivity index (χ3n) is 2.95. The Morgan fingerprint density at radius 3 is 2.65 bits per heavy atom. The monoisotopic (exact) mass is 244 g/mol. The fraction of sp³-hybridized carbons (Fsp3) is 0.727. The minimum absolute atomic E-state index is 0.657. The van der Waals surface area contributed by atoms with Crippen LogP contribution in [0.2, 0.25) is 0 Å². The molecule has 0 unspecified atom stereocenters. The molecule has 0 aromatic carbocycles. The zero-order valence-corrected chi connectivity index (χ0v) is 9.91. The van der Waals surface area contributed by atoms with Gasteiger partial charge in [-0.05, 0) is 19.9 Å². The zero-order valence-electron chi connectivity index (χ0n) is 9.91. The Hall–Kier alpha value is -0.950. The Bertz CT molecular complexity index is 363. The first kappa shape index (κ1) is 12.5. The van der Waals surface area contributed by atoms with Gasteiger partial charge in [0.25, 0.3) is 0 Å². The molecule has 6 heteroatoms. The van der Waals surface area contributed by atoms with E-state index >= 15 is 0 Å². The summed E-state index contributed by atoms with van der Waals surface area (Å²) in [4.78, 5) is 11.8. The van der Waals surface area contributed by atoms with Crippen LogP contribution in [0.3, 0.4) is 0 Å². The average molecular weight is 244 g/mol. The van der Waals surface area contributed by atoms with Crippen LogP contribution in [0.15, 0.2) is 12.2 Å². The lowest BCUT2D eigenvalue weighted by Gasteiger charge is -2.34. The molecule has 1 aliphatic carbocycles. The highest BCUT2D eigenvalue weighted by molar-refractivity contribution is 5.84. The fourth-order valence-corrected chi connectivity index (χ4v) is 2.25. The third kappa shape index (κ3) is 1.77. The van der Waals surface area contributed by atoms with Gasteiger partial charge in [-0.1, -0.05) is 6.08 Å². The molecule has 0 spiro atoms. The Morgan fingerprint density at radius 2 is 2.06 bits per heavy atom. The van der Waals surface area contributed by atoms with E-state index in [-0.39, 0.29) is 0 Å². The van der Waals surface area contributed by atoms with Crippen molar-refractivity contribution in [3.05, 3.63) is 12.2 Å². The molecule has 2 rings (SSSR count). The summed E-state index contributed by atoms with van der Waals surface area (Å²) in [6.45, 7) is 3.26. The van der Waals surface area contributed by atoms with E-state index in [4.69, 9.17) is 9.47 Å². The summed E-state index contributed by atoms with van der Waals surface area (Å²) < 4.78 is 15.7. The molecule has 0 amide bonds. The van der Waals surface area contributed by atoms with Gasteiger partial charge in [0, 0.05) is 0 Å². The average Bonchev–Trinajstić information content (AvgIpc) is 2.56. The summed E-state index contributed by atoms with van der Waals surface area (Å²) in [6.07, 6.45) is -0.612. The van der Waals surface area contributed by atoms with Gasteiger partial charge >= 0.3 is 5.97 Å². The molecule has 0 saturated carbocycles. The fourth-order valence-electron chi connectivity index (χ4n) is 2.25. The van der Waals surface area contributed by atoms with Crippen LogP contribution in [0.1, 0.15) is 13.8 Å². The Labute approximate surface area is 98.8 Å². The number of rotatable bonds is 1. The lowest BCUT2D eigenvalue weighted by molar-refractivity contribution is -0.179. The van der Waals surface area contributed by atoms with Crippen molar-refractivity contribution in [3.8, 4) is 0 Å². The molecule has 0 aromatic heterocycles. The van der Waals surface area contributed by atoms with Crippen molar-refractivity contribution in [1.82, 2.24) is 0 Å². The van der Waals surface area contributed by atoms with Gasteiger partial charge in [0.2, 0.25) is 5.60 Å². The van der Waals surface area contributed by atoms with Gasteiger partial charge in [-0.3, -0.25) is 0 Å². The lowest BCUT2D eigenvalue weighted by atomic mass is 9.84. The summed E-state index contributed by atoms with van der Waals surface area (Å²) in [5.41, 5.74) is -1.49. The van der Waals surface area contributed by atoms with Gasteiger partial charge in [-0.2, -0.15) is 0 Å². The van der Waals surface area contributed by atoms with Gasteiger partial charge < -0.3 is 24.4 Å². The predicted octanol–water partition coefficient (Wildman–Crippen LogP) is -0.659. The summed E-state index contributed by atoms with van der Waals surface area (Å²) in [6, 6.07) is 0. The van der Waals surface area contributed by atoms with E-state index in [0.29, 0.717) is 0 Å². The van der Waals surface area contributed by atoms with Gasteiger partial charge in [0.05, 0.1) is 7.11 Å². The van der Waals surface area contributed by atoms with Crippen LogP contribution in [0.25, 0.3) is 0 Å². The number of hydrogen-bond acceptors (Lipinski definition) is 6. The maximum Gasteiger partial charge on any atom is 0.345 e. The minimum Gasteiger partial charge on any atom is -0.467 e. The van der Waals surface area contributed by atoms with Crippen LogP contribution in [-0.4, -0.2) is 53.0 Å². The SMILES string of the molecule is COC(=O)[C@]12C=C[C@H](O)[C@@H](O)[C@H]1OC(C)(C)O2. The molecular formula is C11H16O6. The Morgan fingerprint density at radius 1 is 1.41 bits per heavy atom. The van der Waals surface area contributed by atoms with Crippen LogP contribution in [0.5, 0.6) is 0 Å². The normalized spacial score (nSPS) is 43.2. The molecule has 2 N–H and O–H groups in total. The number of ether oxygens (including phenoxy) is 3. The lowest BCUT2D eigenvalue weighted by Crippen LogP contribution is -2.57. The number of aliphatic hydroxyl groups excluding tert-OH is 2. The van der Waals surface area contributed by atoms with E-state index in [0.717, 1.165) is 0 Å². The molecule has 1 heterocycles. The number of carbonyl (C=O) groups is 1. The van der Waals surface area contributed by atoms with Crippen LogP contribution in [0, 0.1) is 0 Å². The summed E-state index contributed by atoms with van der Waals surface area (Å²) in [7, 11) is 1.23. The van der Waals surface area contributed by atoms with Gasteiger partial charge in [-0.15, -0.1) is 0 Å². The van der Waals surface area contributed by atoms with E-state index in [1.54, 1.807) is 13.8 Å². The Kier molecular flexibility index (Phi) is 2.78. The molecule has 17 heavy (non-hydrogen) atoms. The first-order valence-electron chi connectivity index (χ1n) is 5.34. The standard InChI is InChI=1S/C11H16O6/c1-10(2)16-8-7(13)6(12)4-5-11(8,17-10)9(14)15-3/h4-8,12-13H,1-3H3/t6-,7+,8+,11-/m0/s1. The molecule has 1 saturated heterocycles. The van der Waals surface area contributed by atoms with Crippen molar-refractivity contribution in [2.24, 2.45) is 0 Å². The van der Waals surface area contributed by atoms with Crippen molar-refractivity contribution in [1.29, 1.82) is 0 Å². The maximum absolute atomic E-state index is 11.8. The highest BCUT2D eigenvalue weighted by atomic mass is 16.8. The smallest absolute Gasteiger partial charge is 0.345 e. The van der Waals surface area contributed by atoms with Gasteiger partial charge in [0.15, 0.2) is 5.79 Å². The number of methoxy groups -OCH3 is 1. The first-order valence-corrected chi connectivity index (χ1v) is 5.34. The van der Waals surface area contributed by atoms with Crippen molar-refractivity contribution in [3.63, 3.8) is 0 Å². The van der Waals surface area contributed by atoms with E-state index in [1.165, 1.54) is 19.3 Å². The molecule has 96 valence electrons. The van der Waals surface area contributed by atoms with Crippen molar-refractivity contribution in [2.75, 3.05) is 7.11 Å². The Balaban J connectivity index is 2.44. The summed E-state index contributed by atoms with van der Waals surface area (Å²) >= 11 is 0. The number of carbonyl (C=O) groups excluding carboxylic acids is 1. The van der Waals surface area contributed by atoms with Crippen LogP contribution in [-0.2, 0) is 19.0 Å².